The van der Waals surface area contributed by atoms with Crippen LogP contribution >= 0.6 is 0 Å². The number of nitrogens with one attached hydrogen (secondary N) is 1. The number of sulfonamides is 1. The van der Waals surface area contributed by atoms with Crippen LogP contribution in [0.1, 0.15) is 11.1 Å². The number of pyridine rings is 1. The van der Waals surface area contributed by atoms with Crippen LogP contribution in [-0.2, 0) is 27.9 Å². The zero-order valence-corrected chi connectivity index (χ0v) is 12.0. The molecule has 0 aromatic carbocycles. The monoisotopic (exact) mass is 310 g/mol. The van der Waals surface area contributed by atoms with E-state index in [1.54, 1.807) is 18.5 Å². The second-order valence-electron chi connectivity index (χ2n) is 4.39. The van der Waals surface area contributed by atoms with E-state index in [0.717, 1.165) is 22.0 Å². The van der Waals surface area contributed by atoms with E-state index in [2.05, 4.69) is 14.8 Å². The molecule has 0 amide bonds. The van der Waals surface area contributed by atoms with Gasteiger partial charge in [0.05, 0.1) is 6.20 Å². The third-order valence-electron chi connectivity index (χ3n) is 2.82. The molecule has 0 saturated heterocycles. The van der Waals surface area contributed by atoms with E-state index in [9.17, 15) is 13.2 Å². The zero-order chi connectivity index (χ0) is 15.5. The van der Waals surface area contributed by atoms with Crippen LogP contribution < -0.4 is 4.72 Å². The summed E-state index contributed by atoms with van der Waals surface area (Å²) in [6, 6.07) is 1.79. The second-order valence-corrected chi connectivity index (χ2v) is 6.16. The molecule has 0 atom stereocenters. The quantitative estimate of drug-likeness (QED) is 0.785. The average Bonchev–Trinajstić information content (AvgIpc) is 2.86. The maximum absolute atomic E-state index is 12.1. The molecule has 0 saturated carbocycles. The minimum absolute atomic E-state index is 0.0784. The van der Waals surface area contributed by atoms with E-state index in [1.807, 2.05) is 6.92 Å². The van der Waals surface area contributed by atoms with Crippen molar-refractivity contribution in [2.75, 3.05) is 0 Å². The minimum atomic E-state index is -3.74. The van der Waals surface area contributed by atoms with Crippen LogP contribution in [-0.4, -0.2) is 34.3 Å². The van der Waals surface area contributed by atoms with Crippen molar-refractivity contribution in [1.82, 2.24) is 19.5 Å². The van der Waals surface area contributed by atoms with Crippen molar-refractivity contribution in [3.05, 3.63) is 42.0 Å². The number of carboxylic acid groups (broad SMARTS) is 1. The summed E-state index contributed by atoms with van der Waals surface area (Å²) in [7, 11) is -3.74. The van der Waals surface area contributed by atoms with E-state index in [1.165, 1.54) is 6.20 Å². The Morgan fingerprint density at radius 3 is 2.86 bits per heavy atom. The molecule has 2 rings (SSSR count). The minimum Gasteiger partial charge on any atom is -0.480 e. The Kier molecular flexibility index (Phi) is 4.34. The Hall–Kier alpha value is -2.26. The van der Waals surface area contributed by atoms with Gasteiger partial charge < -0.3 is 5.11 Å². The van der Waals surface area contributed by atoms with E-state index >= 15 is 0 Å². The topological polar surface area (TPSA) is 114 Å². The summed E-state index contributed by atoms with van der Waals surface area (Å²) in [6.07, 6.45) is 5.50. The van der Waals surface area contributed by atoms with Crippen molar-refractivity contribution in [3.63, 3.8) is 0 Å². The van der Waals surface area contributed by atoms with Gasteiger partial charge in [0.2, 0.25) is 10.0 Å². The first-order valence-electron chi connectivity index (χ1n) is 6.02. The molecular weight excluding hydrogens is 296 g/mol. The molecule has 0 spiro atoms. The van der Waals surface area contributed by atoms with Crippen molar-refractivity contribution in [1.29, 1.82) is 0 Å². The Bertz CT molecular complexity index is 754. The molecule has 8 nitrogen and oxygen atoms in total. The molecule has 2 N–H and O–H groups in total. The molecule has 0 aliphatic rings. The first-order valence-corrected chi connectivity index (χ1v) is 7.50. The van der Waals surface area contributed by atoms with Gasteiger partial charge in [-0.1, -0.05) is 0 Å². The average molecular weight is 310 g/mol. The molecule has 0 fully saturated rings. The summed E-state index contributed by atoms with van der Waals surface area (Å²) in [5.41, 5.74) is 1.69. The SMILES string of the molecule is Cc1ccncc1CNS(=O)(=O)c1cnn(CC(=O)O)c1. The third-order valence-corrected chi connectivity index (χ3v) is 4.17. The number of carboxylic acids is 1. The second kappa shape index (κ2) is 6.02. The molecule has 21 heavy (non-hydrogen) atoms. The Labute approximate surface area is 121 Å². The molecular formula is C12H14N4O4S. The molecule has 0 radical (unpaired) electrons. The zero-order valence-electron chi connectivity index (χ0n) is 11.2. The van der Waals surface area contributed by atoms with Gasteiger partial charge in [-0.3, -0.25) is 14.5 Å². The number of nitrogens with zero attached hydrogens (tertiary/aromatic N) is 3. The fraction of sp³-hybridized carbons (Fsp3) is 0.250. The van der Waals surface area contributed by atoms with Crippen molar-refractivity contribution in [2.24, 2.45) is 0 Å². The molecule has 112 valence electrons. The van der Waals surface area contributed by atoms with Gasteiger partial charge in [0.25, 0.3) is 0 Å². The van der Waals surface area contributed by atoms with Crippen LogP contribution in [0.5, 0.6) is 0 Å². The van der Waals surface area contributed by atoms with Gasteiger partial charge in [0.1, 0.15) is 11.4 Å². The molecule has 0 bridgehead atoms. The molecule has 2 aromatic rings. The summed E-state index contributed by atoms with van der Waals surface area (Å²) >= 11 is 0. The van der Waals surface area contributed by atoms with Crippen molar-refractivity contribution < 1.29 is 18.3 Å². The fourth-order valence-electron chi connectivity index (χ4n) is 1.65. The normalized spacial score (nSPS) is 11.5. The number of aryl methyl sites for hydroxylation is 1. The van der Waals surface area contributed by atoms with Crippen molar-refractivity contribution in [2.45, 2.75) is 24.9 Å². The van der Waals surface area contributed by atoms with Crippen molar-refractivity contribution in [3.8, 4) is 0 Å². The molecule has 2 aromatic heterocycles. The van der Waals surface area contributed by atoms with Crippen molar-refractivity contribution >= 4 is 16.0 Å². The first kappa shape index (κ1) is 15.1. The Morgan fingerprint density at radius 1 is 1.43 bits per heavy atom. The highest BCUT2D eigenvalue weighted by Crippen LogP contribution is 2.10. The van der Waals surface area contributed by atoms with Crippen LogP contribution in [0.15, 0.2) is 35.7 Å². The van der Waals surface area contributed by atoms with Gasteiger partial charge in [-0.2, -0.15) is 5.10 Å². The third kappa shape index (κ3) is 3.86. The van der Waals surface area contributed by atoms with Gasteiger partial charge in [-0.15, -0.1) is 0 Å². The van der Waals surface area contributed by atoms with E-state index in [-0.39, 0.29) is 11.4 Å². The van der Waals surface area contributed by atoms with E-state index < -0.39 is 22.5 Å². The lowest BCUT2D eigenvalue weighted by Crippen LogP contribution is -2.23. The highest BCUT2D eigenvalue weighted by Gasteiger charge is 2.17. The predicted octanol–water partition coefficient (Wildman–Crippen LogP) is 0.150. The Balaban J connectivity index is 2.10. The lowest BCUT2D eigenvalue weighted by atomic mass is 10.2. The molecule has 2 heterocycles. The predicted molar refractivity (Wildman–Crippen MR) is 72.9 cm³/mol. The fourth-order valence-corrected chi connectivity index (χ4v) is 2.60. The summed E-state index contributed by atoms with van der Waals surface area (Å²) in [4.78, 5) is 14.4. The highest BCUT2D eigenvalue weighted by atomic mass is 32.2. The van der Waals surface area contributed by atoms with Gasteiger partial charge in [0.15, 0.2) is 0 Å². The van der Waals surface area contributed by atoms with Gasteiger partial charge >= 0.3 is 5.97 Å². The number of hydrogen-bond acceptors (Lipinski definition) is 5. The maximum atomic E-state index is 12.1. The standard InChI is InChI=1S/C12H14N4O4S/c1-9-2-3-13-4-10(9)5-15-21(19,20)11-6-14-16(7-11)8-12(17)18/h2-4,6-7,15H,5,8H2,1H3,(H,17,18). The summed E-state index contributed by atoms with van der Waals surface area (Å²) < 4.78 is 27.6. The molecule has 9 heteroatoms. The summed E-state index contributed by atoms with van der Waals surface area (Å²) in [5.74, 6) is -1.10. The first-order chi connectivity index (χ1) is 9.88. The smallest absolute Gasteiger partial charge is 0.325 e. The van der Waals surface area contributed by atoms with Gasteiger partial charge in [0, 0.05) is 25.1 Å². The van der Waals surface area contributed by atoms with Crippen LogP contribution in [0.25, 0.3) is 0 Å². The van der Waals surface area contributed by atoms with Gasteiger partial charge in [-0.05, 0) is 24.1 Å². The largest absolute Gasteiger partial charge is 0.480 e. The summed E-state index contributed by atoms with van der Waals surface area (Å²) in [6.45, 7) is 1.57. The maximum Gasteiger partial charge on any atom is 0.325 e. The number of aromatic nitrogens is 3. The number of hydrogen-bond donors (Lipinski definition) is 2. The van der Waals surface area contributed by atoms with E-state index in [4.69, 9.17) is 5.11 Å². The number of rotatable bonds is 6. The van der Waals surface area contributed by atoms with Crippen LogP contribution in [0.4, 0.5) is 0 Å². The molecule has 0 unspecified atom stereocenters. The molecule has 0 aliphatic heterocycles. The van der Waals surface area contributed by atoms with Crippen LogP contribution in [0.2, 0.25) is 0 Å². The number of carbonyl (C=O) groups is 1. The van der Waals surface area contributed by atoms with E-state index in [0.29, 0.717) is 0 Å². The van der Waals surface area contributed by atoms with Crippen LogP contribution in [0, 0.1) is 6.92 Å². The number of aliphatic carboxylic acids is 1. The summed E-state index contributed by atoms with van der Waals surface area (Å²) in [5, 5.41) is 12.3. The lowest BCUT2D eigenvalue weighted by molar-refractivity contribution is -0.137. The van der Waals surface area contributed by atoms with Crippen LogP contribution in [0.3, 0.4) is 0 Å². The molecule has 0 aliphatic carbocycles. The van der Waals surface area contributed by atoms with Gasteiger partial charge in [-0.25, -0.2) is 13.1 Å². The highest BCUT2D eigenvalue weighted by molar-refractivity contribution is 7.89. The Morgan fingerprint density at radius 2 is 2.19 bits per heavy atom. The lowest BCUT2D eigenvalue weighted by Gasteiger charge is -2.06.